The first-order valence-corrected chi connectivity index (χ1v) is 4.93. The van der Waals surface area contributed by atoms with E-state index in [0.717, 1.165) is 0 Å². The molecule has 1 aromatic heterocycles. The van der Waals surface area contributed by atoms with Gasteiger partial charge in [-0.1, -0.05) is 0 Å². The van der Waals surface area contributed by atoms with Crippen LogP contribution in [0.1, 0.15) is 22.1 Å². The molecular weight excluding hydrogens is 255 g/mol. The fraction of sp³-hybridized carbons (Fsp3) is 0.444. The number of H-pyrrole nitrogens is 1. The molecule has 0 bridgehead atoms. The second-order valence-electron chi connectivity index (χ2n) is 3.92. The minimum Gasteiger partial charge on any atom is -0.476 e. The molecule has 1 aliphatic heterocycles. The van der Waals surface area contributed by atoms with Crippen LogP contribution >= 0.6 is 0 Å². The standard InChI is InChI=1S/C9H8F3N3O3/c10-9(11,12)8(18)15-2-4(3-15)5-1-6(7(16)17)14-13-5/h1,4H,2-3H2,(H,13,14)(H,16,17). The van der Waals surface area contributed by atoms with Gasteiger partial charge in [0.15, 0.2) is 5.69 Å². The quantitative estimate of drug-likeness (QED) is 0.817. The SMILES string of the molecule is O=C(O)c1cc(C2CN(C(=O)C(F)(F)F)C2)[nH]n1. The number of aromatic carboxylic acids is 1. The third-order valence-electron chi connectivity index (χ3n) is 2.67. The van der Waals surface area contributed by atoms with E-state index in [4.69, 9.17) is 5.11 Å². The number of nitrogens with one attached hydrogen (secondary N) is 1. The van der Waals surface area contributed by atoms with Gasteiger partial charge in [-0.2, -0.15) is 18.3 Å². The van der Waals surface area contributed by atoms with Gasteiger partial charge >= 0.3 is 18.1 Å². The average molecular weight is 263 g/mol. The van der Waals surface area contributed by atoms with E-state index >= 15 is 0 Å². The molecule has 1 aromatic rings. The summed E-state index contributed by atoms with van der Waals surface area (Å²) in [5, 5.41) is 14.5. The number of alkyl halides is 3. The molecule has 0 aromatic carbocycles. The number of carboxylic acid groups (broad SMARTS) is 1. The topological polar surface area (TPSA) is 86.3 Å². The van der Waals surface area contributed by atoms with Crippen molar-refractivity contribution in [3.63, 3.8) is 0 Å². The number of carboxylic acids is 1. The fourth-order valence-electron chi connectivity index (χ4n) is 1.68. The Morgan fingerprint density at radius 2 is 2.06 bits per heavy atom. The van der Waals surface area contributed by atoms with Crippen LogP contribution in [0.3, 0.4) is 0 Å². The molecule has 18 heavy (non-hydrogen) atoms. The summed E-state index contributed by atoms with van der Waals surface area (Å²) in [6, 6.07) is 1.25. The summed E-state index contributed by atoms with van der Waals surface area (Å²) in [6.45, 7) is -0.195. The molecule has 2 heterocycles. The Morgan fingerprint density at radius 1 is 1.44 bits per heavy atom. The van der Waals surface area contributed by atoms with Gasteiger partial charge in [-0.3, -0.25) is 9.89 Å². The average Bonchev–Trinajstić information content (AvgIpc) is 2.62. The van der Waals surface area contributed by atoms with Crippen molar-refractivity contribution in [2.24, 2.45) is 0 Å². The number of aromatic nitrogens is 2. The van der Waals surface area contributed by atoms with E-state index in [2.05, 4.69) is 10.2 Å². The lowest BCUT2D eigenvalue weighted by Crippen LogP contribution is -2.53. The third-order valence-corrected chi connectivity index (χ3v) is 2.67. The second-order valence-corrected chi connectivity index (χ2v) is 3.92. The van der Waals surface area contributed by atoms with Crippen molar-refractivity contribution in [1.29, 1.82) is 0 Å². The minimum atomic E-state index is -4.87. The molecule has 6 nitrogen and oxygen atoms in total. The smallest absolute Gasteiger partial charge is 0.471 e. The lowest BCUT2D eigenvalue weighted by molar-refractivity contribution is -0.189. The van der Waals surface area contributed by atoms with Crippen LogP contribution in [0.5, 0.6) is 0 Å². The maximum Gasteiger partial charge on any atom is 0.471 e. The van der Waals surface area contributed by atoms with Gasteiger partial charge < -0.3 is 10.0 Å². The maximum atomic E-state index is 12.1. The Kier molecular flexibility index (Phi) is 2.76. The van der Waals surface area contributed by atoms with E-state index in [-0.39, 0.29) is 24.7 Å². The van der Waals surface area contributed by atoms with E-state index in [9.17, 15) is 22.8 Å². The molecular formula is C9H8F3N3O3. The van der Waals surface area contributed by atoms with Crippen molar-refractivity contribution in [1.82, 2.24) is 15.1 Å². The number of likely N-dealkylation sites (tertiary alicyclic amines) is 1. The van der Waals surface area contributed by atoms with Crippen LogP contribution in [0, 0.1) is 0 Å². The Morgan fingerprint density at radius 3 is 2.50 bits per heavy atom. The summed E-state index contributed by atoms with van der Waals surface area (Å²) < 4.78 is 36.2. The van der Waals surface area contributed by atoms with E-state index in [1.807, 2.05) is 0 Å². The fourth-order valence-corrected chi connectivity index (χ4v) is 1.68. The zero-order valence-corrected chi connectivity index (χ0v) is 8.86. The number of aromatic amines is 1. The number of amides is 1. The predicted octanol–water partition coefficient (Wildman–Crippen LogP) is 0.596. The summed E-state index contributed by atoms with van der Waals surface area (Å²) in [4.78, 5) is 22.0. The molecule has 1 amide bonds. The molecule has 0 radical (unpaired) electrons. The molecule has 98 valence electrons. The summed E-state index contributed by atoms with van der Waals surface area (Å²) >= 11 is 0. The minimum absolute atomic E-state index is 0.0976. The second kappa shape index (κ2) is 4.00. The van der Waals surface area contributed by atoms with Crippen LogP contribution in [0.25, 0.3) is 0 Å². The van der Waals surface area contributed by atoms with Crippen molar-refractivity contribution < 1.29 is 27.9 Å². The first-order chi connectivity index (χ1) is 8.29. The van der Waals surface area contributed by atoms with Gasteiger partial charge in [0.05, 0.1) is 0 Å². The van der Waals surface area contributed by atoms with Crippen LogP contribution in [0.4, 0.5) is 13.2 Å². The van der Waals surface area contributed by atoms with Crippen LogP contribution in [0.2, 0.25) is 0 Å². The highest BCUT2D eigenvalue weighted by atomic mass is 19.4. The van der Waals surface area contributed by atoms with Crippen LogP contribution in [-0.4, -0.2) is 51.3 Å². The molecule has 0 aliphatic carbocycles. The Labute approximate surface area is 98.4 Å². The molecule has 0 saturated carbocycles. The zero-order chi connectivity index (χ0) is 13.5. The lowest BCUT2D eigenvalue weighted by Gasteiger charge is -2.38. The number of nitrogens with zero attached hydrogens (tertiary/aromatic N) is 2. The van der Waals surface area contributed by atoms with Gasteiger partial charge in [-0.25, -0.2) is 4.79 Å². The van der Waals surface area contributed by atoms with Crippen LogP contribution < -0.4 is 0 Å². The number of hydrogen-bond acceptors (Lipinski definition) is 3. The van der Waals surface area contributed by atoms with Gasteiger partial charge in [0.2, 0.25) is 0 Å². The van der Waals surface area contributed by atoms with Crippen molar-refractivity contribution >= 4 is 11.9 Å². The van der Waals surface area contributed by atoms with E-state index in [0.29, 0.717) is 10.6 Å². The zero-order valence-electron chi connectivity index (χ0n) is 8.86. The molecule has 1 aliphatic rings. The highest BCUT2D eigenvalue weighted by Crippen LogP contribution is 2.30. The summed E-state index contributed by atoms with van der Waals surface area (Å²) in [5.74, 6) is -3.44. The first-order valence-electron chi connectivity index (χ1n) is 4.93. The molecule has 2 rings (SSSR count). The largest absolute Gasteiger partial charge is 0.476 e. The highest BCUT2D eigenvalue weighted by molar-refractivity contribution is 5.85. The highest BCUT2D eigenvalue weighted by Gasteiger charge is 2.47. The van der Waals surface area contributed by atoms with Crippen molar-refractivity contribution in [2.75, 3.05) is 13.1 Å². The summed E-state index contributed by atoms with van der Waals surface area (Å²) in [7, 11) is 0. The molecule has 2 N–H and O–H groups in total. The van der Waals surface area contributed by atoms with Gasteiger partial charge in [-0.05, 0) is 6.07 Å². The van der Waals surface area contributed by atoms with Gasteiger partial charge in [0, 0.05) is 24.7 Å². The number of hydrogen-bond donors (Lipinski definition) is 2. The van der Waals surface area contributed by atoms with E-state index < -0.39 is 18.1 Å². The Balaban J connectivity index is 1.96. The van der Waals surface area contributed by atoms with E-state index in [1.165, 1.54) is 6.07 Å². The van der Waals surface area contributed by atoms with E-state index in [1.54, 1.807) is 0 Å². The summed E-state index contributed by atoms with van der Waals surface area (Å²) in [5.41, 5.74) is 0.212. The molecule has 1 fully saturated rings. The van der Waals surface area contributed by atoms with Crippen LogP contribution in [0.15, 0.2) is 6.07 Å². The normalized spacial score (nSPS) is 16.5. The number of rotatable bonds is 2. The Bertz CT molecular complexity index is 491. The number of carbonyl (C=O) groups excluding carboxylic acids is 1. The number of carbonyl (C=O) groups is 2. The van der Waals surface area contributed by atoms with Gasteiger partial charge in [-0.15, -0.1) is 0 Å². The maximum absolute atomic E-state index is 12.1. The predicted molar refractivity (Wildman–Crippen MR) is 50.9 cm³/mol. The lowest BCUT2D eigenvalue weighted by atomic mass is 9.96. The van der Waals surface area contributed by atoms with Crippen LogP contribution in [-0.2, 0) is 4.79 Å². The van der Waals surface area contributed by atoms with Crippen molar-refractivity contribution in [3.05, 3.63) is 17.5 Å². The monoisotopic (exact) mass is 263 g/mol. The van der Waals surface area contributed by atoms with Crippen molar-refractivity contribution in [2.45, 2.75) is 12.1 Å². The molecule has 0 atom stereocenters. The third kappa shape index (κ3) is 2.15. The first kappa shape index (κ1) is 12.4. The van der Waals surface area contributed by atoms with Crippen molar-refractivity contribution in [3.8, 4) is 0 Å². The van der Waals surface area contributed by atoms with Gasteiger partial charge in [0.1, 0.15) is 0 Å². The molecule has 0 unspecified atom stereocenters. The Hall–Kier alpha value is -2.06. The van der Waals surface area contributed by atoms with Gasteiger partial charge in [0.25, 0.3) is 0 Å². The molecule has 9 heteroatoms. The molecule has 1 saturated heterocycles. The summed E-state index contributed by atoms with van der Waals surface area (Å²) in [6.07, 6.45) is -4.87. The number of halogens is 3. The molecule has 0 spiro atoms.